The molecular weight excluding hydrogens is 313 g/mol. The van der Waals surface area contributed by atoms with Crippen molar-refractivity contribution >= 4 is 38.1 Å². The van der Waals surface area contributed by atoms with Crippen LogP contribution in [-0.2, 0) is 0 Å². The topological polar surface area (TPSA) is 34.1 Å². The molecule has 103 valence electrons. The molecular formula is C11H22N5SSe. The van der Waals surface area contributed by atoms with Crippen molar-refractivity contribution in [1.82, 2.24) is 20.2 Å². The van der Waals surface area contributed by atoms with Crippen molar-refractivity contribution in [2.75, 3.05) is 34.2 Å². The maximum atomic E-state index is 5.28. The Bertz CT molecular complexity index is 321. The number of nitrogens with one attached hydrogen (secondary N) is 1. The second-order valence-corrected chi connectivity index (χ2v) is 5.77. The van der Waals surface area contributed by atoms with Crippen molar-refractivity contribution in [1.29, 1.82) is 0 Å². The molecule has 1 aliphatic heterocycles. The summed E-state index contributed by atoms with van der Waals surface area (Å²) in [7, 11) is 5.99. The van der Waals surface area contributed by atoms with Gasteiger partial charge in [-0.25, -0.2) is 0 Å². The SMILES string of the molecule is CC1N(C)NC(=S)N1CCCCN=C([Se])N(C)C. The predicted molar refractivity (Wildman–Crippen MR) is 80.6 cm³/mol. The van der Waals surface area contributed by atoms with Crippen molar-refractivity contribution in [3.63, 3.8) is 0 Å². The predicted octanol–water partition coefficient (Wildman–Crippen LogP) is 0.236. The van der Waals surface area contributed by atoms with E-state index in [1.807, 2.05) is 31.1 Å². The van der Waals surface area contributed by atoms with E-state index in [2.05, 4.69) is 38.3 Å². The fourth-order valence-electron chi connectivity index (χ4n) is 1.69. The summed E-state index contributed by atoms with van der Waals surface area (Å²) in [5, 5.41) is 2.86. The van der Waals surface area contributed by atoms with Crippen molar-refractivity contribution in [3.05, 3.63) is 0 Å². The Morgan fingerprint density at radius 2 is 2.17 bits per heavy atom. The van der Waals surface area contributed by atoms with Crippen LogP contribution < -0.4 is 5.43 Å². The van der Waals surface area contributed by atoms with Crippen molar-refractivity contribution in [2.45, 2.75) is 25.9 Å². The van der Waals surface area contributed by atoms with Crippen molar-refractivity contribution in [2.24, 2.45) is 4.99 Å². The summed E-state index contributed by atoms with van der Waals surface area (Å²) in [5.74, 6) is 0. The Morgan fingerprint density at radius 3 is 2.67 bits per heavy atom. The van der Waals surface area contributed by atoms with Crippen LogP contribution in [0.1, 0.15) is 19.8 Å². The molecule has 1 aliphatic rings. The minimum absolute atomic E-state index is 0.331. The standard InChI is InChI=1S/C11H22N5SSe/c1-9-15(4)13-10(17)16(9)8-6-5-7-12-11(18)14(2)3/h9H,5-8H2,1-4H3,(H,13,17). The van der Waals surface area contributed by atoms with Crippen molar-refractivity contribution < 1.29 is 0 Å². The van der Waals surface area contributed by atoms with E-state index < -0.39 is 0 Å². The van der Waals surface area contributed by atoms with Gasteiger partial charge in [0.25, 0.3) is 0 Å². The monoisotopic (exact) mass is 336 g/mol. The zero-order valence-electron chi connectivity index (χ0n) is 11.5. The molecule has 1 atom stereocenters. The number of thiocarbonyl (C=S) groups is 1. The van der Waals surface area contributed by atoms with Crippen LogP contribution in [0.3, 0.4) is 0 Å². The van der Waals surface area contributed by atoms with E-state index >= 15 is 0 Å². The molecule has 0 bridgehead atoms. The molecule has 0 aromatic heterocycles. The fourth-order valence-corrected chi connectivity index (χ4v) is 2.27. The number of nitrogens with zero attached hydrogens (tertiary/aromatic N) is 4. The molecule has 0 amide bonds. The number of unbranched alkanes of at least 4 members (excludes halogenated alkanes) is 1. The molecule has 1 heterocycles. The molecule has 18 heavy (non-hydrogen) atoms. The van der Waals surface area contributed by atoms with E-state index in [1.165, 1.54) is 0 Å². The average Bonchev–Trinajstić information content (AvgIpc) is 2.54. The summed E-state index contributed by atoms with van der Waals surface area (Å²) in [4.78, 5) is 8.65. The molecule has 0 aromatic rings. The van der Waals surface area contributed by atoms with Gasteiger partial charge >= 0.3 is 123 Å². The molecule has 7 heteroatoms. The van der Waals surface area contributed by atoms with Gasteiger partial charge in [-0.3, -0.25) is 0 Å². The van der Waals surface area contributed by atoms with Gasteiger partial charge in [-0.15, -0.1) is 0 Å². The Kier molecular flexibility index (Phi) is 6.35. The van der Waals surface area contributed by atoms with Crippen LogP contribution in [0.2, 0.25) is 0 Å². The molecule has 1 unspecified atom stereocenters. The summed E-state index contributed by atoms with van der Waals surface area (Å²) in [6, 6.07) is 0. The summed E-state index contributed by atoms with van der Waals surface area (Å²) >= 11 is 8.24. The second kappa shape index (κ2) is 7.28. The van der Waals surface area contributed by atoms with Gasteiger partial charge in [0.2, 0.25) is 0 Å². The van der Waals surface area contributed by atoms with E-state index in [1.54, 1.807) is 0 Å². The number of hydrogen-bond acceptors (Lipinski definition) is 3. The molecule has 1 saturated heterocycles. The van der Waals surface area contributed by atoms with Gasteiger partial charge in [-0.05, 0) is 0 Å². The third-order valence-corrected chi connectivity index (χ3v) is 4.34. The summed E-state index contributed by atoms with van der Waals surface area (Å²) < 4.78 is 0.960. The fraction of sp³-hybridized carbons (Fsp3) is 0.818. The van der Waals surface area contributed by atoms with E-state index in [4.69, 9.17) is 12.2 Å². The van der Waals surface area contributed by atoms with E-state index in [9.17, 15) is 0 Å². The quantitative estimate of drug-likeness (QED) is 0.256. The number of hydrazine groups is 1. The summed E-state index contributed by atoms with van der Waals surface area (Å²) in [6.07, 6.45) is 2.51. The van der Waals surface area contributed by atoms with E-state index in [-0.39, 0.29) is 0 Å². The molecule has 0 saturated carbocycles. The number of rotatable bonds is 5. The van der Waals surface area contributed by atoms with Crippen LogP contribution in [0.25, 0.3) is 0 Å². The second-order valence-electron chi connectivity index (χ2n) is 4.62. The molecule has 1 rings (SSSR count). The molecule has 0 spiro atoms. The Balaban J connectivity index is 2.23. The Morgan fingerprint density at radius 1 is 1.50 bits per heavy atom. The van der Waals surface area contributed by atoms with Gasteiger partial charge in [-0.2, -0.15) is 0 Å². The van der Waals surface area contributed by atoms with Gasteiger partial charge < -0.3 is 0 Å². The van der Waals surface area contributed by atoms with Gasteiger partial charge in [0.05, 0.1) is 0 Å². The first kappa shape index (κ1) is 15.7. The van der Waals surface area contributed by atoms with Crippen LogP contribution in [0, 0.1) is 0 Å². The maximum absolute atomic E-state index is 5.28. The third-order valence-electron chi connectivity index (χ3n) is 2.98. The molecule has 5 nitrogen and oxygen atoms in total. The molecule has 1 N–H and O–H groups in total. The third kappa shape index (κ3) is 4.39. The van der Waals surface area contributed by atoms with Crippen LogP contribution in [0.4, 0.5) is 0 Å². The van der Waals surface area contributed by atoms with Gasteiger partial charge in [0.15, 0.2) is 0 Å². The average molecular weight is 335 g/mol. The van der Waals surface area contributed by atoms with E-state index in [0.29, 0.717) is 6.17 Å². The van der Waals surface area contributed by atoms with Crippen LogP contribution in [-0.4, -0.2) is 81.1 Å². The van der Waals surface area contributed by atoms with Crippen LogP contribution in [0.5, 0.6) is 0 Å². The number of amidine groups is 1. The zero-order chi connectivity index (χ0) is 13.7. The zero-order valence-corrected chi connectivity index (χ0v) is 14.0. The van der Waals surface area contributed by atoms with Gasteiger partial charge in [0.1, 0.15) is 0 Å². The normalized spacial score (nSPS) is 21.3. The number of hydrogen-bond donors (Lipinski definition) is 1. The summed E-state index contributed by atoms with van der Waals surface area (Å²) in [6.45, 7) is 3.99. The molecule has 1 fully saturated rings. The Hall–Kier alpha value is -0.361. The molecule has 0 aromatic carbocycles. The van der Waals surface area contributed by atoms with Crippen LogP contribution in [0.15, 0.2) is 4.99 Å². The van der Waals surface area contributed by atoms with Crippen LogP contribution >= 0.6 is 12.2 Å². The molecule has 1 radical (unpaired) electrons. The van der Waals surface area contributed by atoms with Crippen molar-refractivity contribution in [3.8, 4) is 0 Å². The minimum atomic E-state index is 0.331. The first-order chi connectivity index (χ1) is 8.43. The summed E-state index contributed by atoms with van der Waals surface area (Å²) in [5.41, 5.74) is 3.14. The van der Waals surface area contributed by atoms with Gasteiger partial charge in [0, 0.05) is 0 Å². The first-order valence-electron chi connectivity index (χ1n) is 6.12. The Labute approximate surface area is 123 Å². The first-order valence-corrected chi connectivity index (χ1v) is 7.39. The van der Waals surface area contributed by atoms with E-state index in [0.717, 1.165) is 35.8 Å². The van der Waals surface area contributed by atoms with Gasteiger partial charge in [-0.1, -0.05) is 0 Å². The number of aliphatic imine (C=N–C) groups is 1. The molecule has 0 aliphatic carbocycles.